The molecular formula is C24H21ClN4O4S. The highest BCUT2D eigenvalue weighted by Gasteiger charge is 2.22. The molecule has 1 aliphatic heterocycles. The molecule has 0 spiro atoms. The number of nitrogens with zero attached hydrogens (tertiary/aromatic N) is 3. The summed E-state index contributed by atoms with van der Waals surface area (Å²) in [5.74, 6) is 2.88. The molecule has 34 heavy (non-hydrogen) atoms. The molecule has 0 saturated heterocycles. The average molecular weight is 497 g/mol. The third-order valence-corrected chi connectivity index (χ3v) is 6.36. The zero-order valence-electron chi connectivity index (χ0n) is 18.0. The molecule has 3 heterocycles. The van der Waals surface area contributed by atoms with Gasteiger partial charge >= 0.3 is 0 Å². The fourth-order valence-corrected chi connectivity index (χ4v) is 4.38. The first-order valence-electron chi connectivity index (χ1n) is 10.7. The lowest BCUT2D eigenvalue weighted by Gasteiger charge is -2.26. The van der Waals surface area contributed by atoms with Gasteiger partial charge in [0, 0.05) is 10.6 Å². The number of nitrogens with one attached hydrogen (secondary N) is 1. The summed E-state index contributed by atoms with van der Waals surface area (Å²) in [4.78, 5) is 12.5. The van der Waals surface area contributed by atoms with E-state index in [-0.39, 0.29) is 17.8 Å². The Kier molecular flexibility index (Phi) is 6.73. The van der Waals surface area contributed by atoms with Crippen molar-refractivity contribution in [2.75, 3.05) is 18.9 Å². The number of ether oxygens (including phenoxy) is 2. The maximum absolute atomic E-state index is 12.5. The van der Waals surface area contributed by atoms with Gasteiger partial charge in [0.1, 0.15) is 18.5 Å². The number of para-hydroxylation sites is 2. The highest BCUT2D eigenvalue weighted by atomic mass is 35.5. The van der Waals surface area contributed by atoms with E-state index in [0.29, 0.717) is 47.2 Å². The molecule has 10 heteroatoms. The van der Waals surface area contributed by atoms with E-state index in [1.807, 2.05) is 53.1 Å². The number of furan rings is 1. The summed E-state index contributed by atoms with van der Waals surface area (Å²) in [6.45, 7) is 1.17. The van der Waals surface area contributed by atoms with E-state index < -0.39 is 0 Å². The summed E-state index contributed by atoms with van der Waals surface area (Å²) >= 11 is 7.34. The summed E-state index contributed by atoms with van der Waals surface area (Å²) in [5.41, 5.74) is 0.870. The number of rotatable bonds is 8. The van der Waals surface area contributed by atoms with Gasteiger partial charge in [0.05, 0.1) is 25.1 Å². The number of benzene rings is 2. The van der Waals surface area contributed by atoms with Crippen LogP contribution in [0.2, 0.25) is 5.02 Å². The largest absolute Gasteiger partial charge is 0.486 e. The topological polar surface area (TPSA) is 91.4 Å². The van der Waals surface area contributed by atoms with Gasteiger partial charge in [-0.05, 0) is 48.5 Å². The molecule has 1 atom stereocenters. The highest BCUT2D eigenvalue weighted by molar-refractivity contribution is 7.99. The fraction of sp³-hybridized carbons (Fsp3) is 0.208. The van der Waals surface area contributed by atoms with E-state index in [4.69, 9.17) is 25.5 Å². The molecule has 2 aromatic carbocycles. The first kappa shape index (κ1) is 22.4. The van der Waals surface area contributed by atoms with Crippen LogP contribution in [0.5, 0.6) is 11.5 Å². The Morgan fingerprint density at radius 3 is 2.71 bits per heavy atom. The lowest BCUT2D eigenvalue weighted by molar-refractivity contribution is -0.119. The average Bonchev–Trinajstić information content (AvgIpc) is 3.52. The second kappa shape index (κ2) is 10.2. The minimum Gasteiger partial charge on any atom is -0.486 e. The molecule has 0 unspecified atom stereocenters. The quantitative estimate of drug-likeness (QED) is 0.364. The van der Waals surface area contributed by atoms with E-state index in [2.05, 4.69) is 15.5 Å². The molecule has 0 saturated carbocycles. The summed E-state index contributed by atoms with van der Waals surface area (Å²) in [6.07, 6.45) is 1.38. The van der Waals surface area contributed by atoms with Gasteiger partial charge in [-0.3, -0.25) is 9.36 Å². The smallest absolute Gasteiger partial charge is 0.230 e. The molecule has 1 N–H and O–H groups in total. The molecule has 1 amide bonds. The van der Waals surface area contributed by atoms with Crippen molar-refractivity contribution < 1.29 is 18.7 Å². The normalized spacial score (nSPS) is 14.7. The number of thioether (sulfide) groups is 1. The van der Waals surface area contributed by atoms with Crippen LogP contribution < -0.4 is 14.8 Å². The summed E-state index contributed by atoms with van der Waals surface area (Å²) in [6, 6.07) is 18.6. The molecular weight excluding hydrogens is 476 g/mol. The zero-order chi connectivity index (χ0) is 23.3. The first-order valence-corrected chi connectivity index (χ1v) is 12.0. The van der Waals surface area contributed by atoms with Crippen molar-refractivity contribution in [1.29, 1.82) is 0 Å². The Morgan fingerprint density at radius 1 is 1.09 bits per heavy atom. The Morgan fingerprint density at radius 2 is 1.91 bits per heavy atom. The summed E-state index contributed by atoms with van der Waals surface area (Å²) in [7, 11) is 0. The highest BCUT2D eigenvalue weighted by Crippen LogP contribution is 2.31. The lowest BCUT2D eigenvalue weighted by atomic mass is 10.2. The number of amides is 1. The van der Waals surface area contributed by atoms with Crippen molar-refractivity contribution in [1.82, 2.24) is 20.1 Å². The summed E-state index contributed by atoms with van der Waals surface area (Å²) < 4.78 is 19.0. The van der Waals surface area contributed by atoms with E-state index >= 15 is 0 Å². The molecule has 0 radical (unpaired) electrons. The molecule has 8 nitrogen and oxygen atoms in total. The van der Waals surface area contributed by atoms with Crippen molar-refractivity contribution in [2.24, 2.45) is 0 Å². The van der Waals surface area contributed by atoms with Gasteiger partial charge in [-0.15, -0.1) is 10.2 Å². The number of hydrogen-bond acceptors (Lipinski definition) is 7. The first-order chi connectivity index (χ1) is 16.7. The number of carbonyl (C=O) groups excluding carboxylic acids is 1. The van der Waals surface area contributed by atoms with Gasteiger partial charge in [0.25, 0.3) is 0 Å². The molecule has 174 valence electrons. The molecule has 2 aromatic heterocycles. The van der Waals surface area contributed by atoms with E-state index in [1.54, 1.807) is 18.4 Å². The number of carbonyl (C=O) groups is 1. The Balaban J connectivity index is 1.22. The molecule has 0 bridgehead atoms. The fourth-order valence-electron chi connectivity index (χ4n) is 3.48. The standard InChI is InChI=1S/C24H21ClN4O4S/c25-17-9-7-16(8-10-17)23-27-28-24(29(23)13-18-4-3-11-31-18)34-15-22(30)26-12-19-14-32-20-5-1-2-6-21(20)33-19/h1-11,19H,12-15H2,(H,26,30)/t19-/m1/s1. The van der Waals surface area contributed by atoms with E-state index in [0.717, 1.165) is 11.3 Å². The van der Waals surface area contributed by atoms with Crippen LogP contribution in [0.15, 0.2) is 76.5 Å². The van der Waals surface area contributed by atoms with E-state index in [1.165, 1.54) is 11.8 Å². The number of hydrogen-bond donors (Lipinski definition) is 1. The van der Waals surface area contributed by atoms with Gasteiger partial charge < -0.3 is 19.2 Å². The van der Waals surface area contributed by atoms with Crippen LogP contribution in [0.3, 0.4) is 0 Å². The predicted octanol–water partition coefficient (Wildman–Crippen LogP) is 4.29. The van der Waals surface area contributed by atoms with E-state index in [9.17, 15) is 4.79 Å². The lowest BCUT2D eigenvalue weighted by Crippen LogP contribution is -2.41. The Labute approximate surface area is 205 Å². The van der Waals surface area contributed by atoms with Crippen molar-refractivity contribution >= 4 is 29.3 Å². The number of fused-ring (bicyclic) bond motifs is 1. The van der Waals surface area contributed by atoms with Crippen molar-refractivity contribution in [3.63, 3.8) is 0 Å². The van der Waals surface area contributed by atoms with Crippen LogP contribution in [-0.2, 0) is 11.3 Å². The number of halogens is 1. The minimum atomic E-state index is -0.247. The molecule has 1 aliphatic rings. The van der Waals surface area contributed by atoms with Gasteiger partial charge in [-0.2, -0.15) is 0 Å². The van der Waals surface area contributed by atoms with Crippen molar-refractivity contribution in [2.45, 2.75) is 17.8 Å². The van der Waals surface area contributed by atoms with Gasteiger partial charge in [-0.25, -0.2) is 0 Å². The van der Waals surface area contributed by atoms with Crippen LogP contribution in [0.1, 0.15) is 5.76 Å². The second-order valence-electron chi connectivity index (χ2n) is 7.57. The molecule has 4 aromatic rings. The third-order valence-electron chi connectivity index (χ3n) is 5.14. The van der Waals surface area contributed by atoms with Gasteiger partial charge in [0.15, 0.2) is 22.5 Å². The monoisotopic (exact) mass is 496 g/mol. The van der Waals surface area contributed by atoms with Crippen LogP contribution >= 0.6 is 23.4 Å². The zero-order valence-corrected chi connectivity index (χ0v) is 19.6. The van der Waals surface area contributed by atoms with Crippen LogP contribution in [0, 0.1) is 0 Å². The predicted molar refractivity (Wildman–Crippen MR) is 128 cm³/mol. The third kappa shape index (κ3) is 5.21. The number of aromatic nitrogens is 3. The molecule has 0 fully saturated rings. The Bertz CT molecular complexity index is 1260. The molecule has 0 aliphatic carbocycles. The maximum atomic E-state index is 12.5. The van der Waals surface area contributed by atoms with Crippen LogP contribution in [0.4, 0.5) is 0 Å². The molecule has 5 rings (SSSR count). The van der Waals surface area contributed by atoms with Crippen molar-refractivity contribution in [3.8, 4) is 22.9 Å². The van der Waals surface area contributed by atoms with Crippen molar-refractivity contribution in [3.05, 3.63) is 77.7 Å². The summed E-state index contributed by atoms with van der Waals surface area (Å²) in [5, 5.41) is 12.8. The second-order valence-corrected chi connectivity index (χ2v) is 8.95. The van der Waals surface area contributed by atoms with Crippen LogP contribution in [0.25, 0.3) is 11.4 Å². The Hall–Kier alpha value is -3.43. The van der Waals surface area contributed by atoms with Crippen LogP contribution in [-0.4, -0.2) is 45.7 Å². The minimum absolute atomic E-state index is 0.131. The van der Waals surface area contributed by atoms with Gasteiger partial charge in [-0.1, -0.05) is 35.5 Å². The maximum Gasteiger partial charge on any atom is 0.230 e. The van der Waals surface area contributed by atoms with Gasteiger partial charge in [0.2, 0.25) is 5.91 Å². The SMILES string of the molecule is O=C(CSc1nnc(-c2ccc(Cl)cc2)n1Cc1ccco1)NC[C@@H]1COc2ccccc2O1.